The number of nitrogens with one attached hydrogen (secondary N) is 1. The molecule has 1 amide bonds. The molecule has 1 rings (SSSR count). The van der Waals surface area contributed by atoms with Crippen molar-refractivity contribution in [3.63, 3.8) is 0 Å². The first-order valence-corrected chi connectivity index (χ1v) is 7.64. The van der Waals surface area contributed by atoms with E-state index in [0.717, 1.165) is 18.5 Å². The van der Waals surface area contributed by atoms with Crippen LogP contribution in [0, 0.1) is 13.8 Å². The molecule has 0 unspecified atom stereocenters. The molecule has 0 aliphatic carbocycles. The molecule has 0 aliphatic rings. The second kappa shape index (κ2) is 7.86. The van der Waals surface area contributed by atoms with Crippen molar-refractivity contribution < 1.29 is 14.3 Å². The lowest BCUT2D eigenvalue weighted by molar-refractivity contribution is 0.0512. The average Bonchev–Trinajstić information content (AvgIpc) is 2.69. The minimum atomic E-state index is -0.368. The van der Waals surface area contributed by atoms with Gasteiger partial charge in [-0.3, -0.25) is 4.79 Å². The monoisotopic (exact) mass is 294 g/mol. The number of rotatable bonds is 7. The molecule has 0 radical (unpaired) electrons. The first kappa shape index (κ1) is 17.3. The van der Waals surface area contributed by atoms with Gasteiger partial charge < -0.3 is 14.6 Å². The van der Waals surface area contributed by atoms with Crippen molar-refractivity contribution in [2.45, 2.75) is 54.0 Å². The zero-order chi connectivity index (χ0) is 16.0. The minimum Gasteiger partial charge on any atom is -0.461 e. The Morgan fingerprint density at radius 3 is 2.38 bits per heavy atom. The fourth-order valence-electron chi connectivity index (χ4n) is 2.55. The first-order valence-electron chi connectivity index (χ1n) is 7.64. The number of hydrogen-bond acceptors (Lipinski definition) is 3. The van der Waals surface area contributed by atoms with Gasteiger partial charge in [0.1, 0.15) is 5.69 Å². The summed E-state index contributed by atoms with van der Waals surface area (Å²) in [4.78, 5) is 24.5. The molecule has 0 bridgehead atoms. The molecule has 1 heterocycles. The Morgan fingerprint density at radius 1 is 1.19 bits per heavy atom. The summed E-state index contributed by atoms with van der Waals surface area (Å²) >= 11 is 0. The van der Waals surface area contributed by atoms with Crippen LogP contribution in [-0.4, -0.2) is 29.6 Å². The highest BCUT2D eigenvalue weighted by molar-refractivity contribution is 6.01. The number of unbranched alkanes of at least 4 members (excludes halogenated alkanes) is 1. The molecule has 0 saturated heterocycles. The highest BCUT2D eigenvalue weighted by Crippen LogP contribution is 2.23. The van der Waals surface area contributed by atoms with Crippen LogP contribution in [0.2, 0.25) is 0 Å². The Labute approximate surface area is 126 Å². The quantitative estimate of drug-likeness (QED) is 0.621. The molecule has 0 spiro atoms. The maximum absolute atomic E-state index is 12.3. The molecule has 1 aromatic heterocycles. The van der Waals surface area contributed by atoms with Crippen molar-refractivity contribution in [1.29, 1.82) is 0 Å². The fourth-order valence-corrected chi connectivity index (χ4v) is 2.55. The highest BCUT2D eigenvalue weighted by Gasteiger charge is 2.26. The second-order valence-electron chi connectivity index (χ2n) is 5.01. The van der Waals surface area contributed by atoms with Crippen molar-refractivity contribution in [2.75, 3.05) is 13.2 Å². The lowest BCUT2D eigenvalue weighted by atomic mass is 10.1. The van der Waals surface area contributed by atoms with Gasteiger partial charge >= 0.3 is 5.97 Å². The van der Waals surface area contributed by atoms with E-state index in [0.29, 0.717) is 36.5 Å². The summed E-state index contributed by atoms with van der Waals surface area (Å²) in [6.45, 7) is 11.1. The van der Waals surface area contributed by atoms with Gasteiger partial charge in [0.15, 0.2) is 0 Å². The summed E-state index contributed by atoms with van der Waals surface area (Å²) in [5.74, 6) is -0.483. The molecular weight excluding hydrogens is 268 g/mol. The number of ether oxygens (including phenoxy) is 1. The number of hydrogen-bond donors (Lipinski definition) is 1. The largest absolute Gasteiger partial charge is 0.461 e. The van der Waals surface area contributed by atoms with Crippen molar-refractivity contribution in [1.82, 2.24) is 9.88 Å². The number of carbonyl (C=O) groups is 2. The molecule has 21 heavy (non-hydrogen) atoms. The van der Waals surface area contributed by atoms with E-state index >= 15 is 0 Å². The predicted molar refractivity (Wildman–Crippen MR) is 82.8 cm³/mol. The molecule has 0 atom stereocenters. The molecule has 0 fully saturated rings. The third-order valence-electron chi connectivity index (χ3n) is 3.59. The topological polar surface area (TPSA) is 60.3 Å². The van der Waals surface area contributed by atoms with Crippen LogP contribution in [0.1, 0.15) is 65.7 Å². The van der Waals surface area contributed by atoms with Gasteiger partial charge in [-0.1, -0.05) is 13.3 Å². The summed E-state index contributed by atoms with van der Waals surface area (Å²) in [5.41, 5.74) is 2.59. The number of carbonyl (C=O) groups excluding carboxylic acids is 2. The van der Waals surface area contributed by atoms with E-state index in [4.69, 9.17) is 4.74 Å². The van der Waals surface area contributed by atoms with Crippen molar-refractivity contribution in [3.8, 4) is 0 Å². The minimum absolute atomic E-state index is 0.115. The highest BCUT2D eigenvalue weighted by atomic mass is 16.5. The Balaban J connectivity index is 3.16. The van der Waals surface area contributed by atoms with Crippen LogP contribution in [-0.2, 0) is 11.3 Å². The Morgan fingerprint density at radius 2 is 1.86 bits per heavy atom. The maximum atomic E-state index is 12.3. The normalized spacial score (nSPS) is 10.5. The Hall–Kier alpha value is -1.78. The van der Waals surface area contributed by atoms with Gasteiger partial charge in [0.25, 0.3) is 5.91 Å². The summed E-state index contributed by atoms with van der Waals surface area (Å²) < 4.78 is 6.96. The van der Waals surface area contributed by atoms with Crippen LogP contribution in [0.25, 0.3) is 0 Å². The number of nitrogens with zero attached hydrogens (tertiary/aromatic N) is 1. The van der Waals surface area contributed by atoms with Crippen LogP contribution in [0.3, 0.4) is 0 Å². The average molecular weight is 294 g/mol. The Kier molecular flexibility index (Phi) is 6.46. The zero-order valence-corrected chi connectivity index (χ0v) is 13.7. The number of amides is 1. The molecule has 5 heteroatoms. The number of esters is 1. The SMILES string of the molecule is CCCCNC(=O)c1c(C)c(C(=O)OCC)n(CC)c1C. The van der Waals surface area contributed by atoms with Crippen molar-refractivity contribution in [2.24, 2.45) is 0 Å². The lowest BCUT2D eigenvalue weighted by Crippen LogP contribution is -2.25. The summed E-state index contributed by atoms with van der Waals surface area (Å²) in [6, 6.07) is 0. The van der Waals surface area contributed by atoms with Crippen LogP contribution >= 0.6 is 0 Å². The van der Waals surface area contributed by atoms with Crippen LogP contribution in [0.5, 0.6) is 0 Å². The predicted octanol–water partition coefficient (Wildman–Crippen LogP) is 2.83. The summed E-state index contributed by atoms with van der Waals surface area (Å²) in [7, 11) is 0. The van der Waals surface area contributed by atoms with E-state index < -0.39 is 0 Å². The van der Waals surface area contributed by atoms with Crippen LogP contribution in [0.15, 0.2) is 0 Å². The lowest BCUT2D eigenvalue weighted by Gasteiger charge is -2.08. The molecule has 0 saturated carbocycles. The molecule has 1 N–H and O–H groups in total. The van der Waals surface area contributed by atoms with Gasteiger partial charge in [-0.05, 0) is 39.7 Å². The fraction of sp³-hybridized carbons (Fsp3) is 0.625. The second-order valence-corrected chi connectivity index (χ2v) is 5.01. The van der Waals surface area contributed by atoms with E-state index in [9.17, 15) is 9.59 Å². The molecular formula is C16H26N2O3. The van der Waals surface area contributed by atoms with Crippen LogP contribution in [0.4, 0.5) is 0 Å². The van der Waals surface area contributed by atoms with Crippen molar-refractivity contribution in [3.05, 3.63) is 22.5 Å². The van der Waals surface area contributed by atoms with E-state index in [1.807, 2.05) is 18.4 Å². The van der Waals surface area contributed by atoms with Gasteiger partial charge in [-0.15, -0.1) is 0 Å². The first-order chi connectivity index (χ1) is 9.99. The maximum Gasteiger partial charge on any atom is 0.355 e. The summed E-state index contributed by atoms with van der Waals surface area (Å²) in [5, 5.41) is 2.91. The molecule has 118 valence electrons. The van der Waals surface area contributed by atoms with E-state index in [1.165, 1.54) is 0 Å². The van der Waals surface area contributed by atoms with Gasteiger partial charge in [-0.2, -0.15) is 0 Å². The van der Waals surface area contributed by atoms with Crippen LogP contribution < -0.4 is 5.32 Å². The number of aromatic nitrogens is 1. The standard InChI is InChI=1S/C16H26N2O3/c1-6-9-10-17-15(19)13-11(4)14(16(20)21-8-3)18(7-2)12(13)5/h6-10H2,1-5H3,(H,17,19). The molecule has 1 aromatic rings. The van der Waals surface area contributed by atoms with E-state index in [1.54, 1.807) is 13.8 Å². The van der Waals surface area contributed by atoms with Gasteiger partial charge in [-0.25, -0.2) is 4.79 Å². The van der Waals surface area contributed by atoms with Gasteiger partial charge in [0, 0.05) is 18.8 Å². The van der Waals surface area contributed by atoms with Crippen molar-refractivity contribution >= 4 is 11.9 Å². The summed E-state index contributed by atoms with van der Waals surface area (Å²) in [6.07, 6.45) is 1.98. The molecule has 0 aliphatic heterocycles. The van der Waals surface area contributed by atoms with Gasteiger partial charge in [0.05, 0.1) is 12.2 Å². The van der Waals surface area contributed by atoms with E-state index in [-0.39, 0.29) is 11.9 Å². The van der Waals surface area contributed by atoms with E-state index in [2.05, 4.69) is 12.2 Å². The third kappa shape index (κ3) is 3.65. The molecule has 5 nitrogen and oxygen atoms in total. The zero-order valence-electron chi connectivity index (χ0n) is 13.7. The smallest absolute Gasteiger partial charge is 0.355 e. The Bertz CT molecular complexity index is 518. The third-order valence-corrected chi connectivity index (χ3v) is 3.59. The van der Waals surface area contributed by atoms with Gasteiger partial charge in [0.2, 0.25) is 0 Å². The molecule has 0 aromatic carbocycles.